The predicted molar refractivity (Wildman–Crippen MR) is 118 cm³/mol. The highest BCUT2D eigenvalue weighted by atomic mass is 32.2. The normalized spacial score (nSPS) is 12.4. The number of carbonyl (C=O) groups is 1. The molecule has 4 aromatic rings. The second-order valence-electron chi connectivity index (χ2n) is 7.36. The van der Waals surface area contributed by atoms with Gasteiger partial charge in [-0.1, -0.05) is 6.92 Å². The van der Waals surface area contributed by atoms with E-state index in [4.69, 9.17) is 4.74 Å². The third-order valence-electron chi connectivity index (χ3n) is 5.16. The maximum absolute atomic E-state index is 13.2. The van der Waals surface area contributed by atoms with E-state index in [0.29, 0.717) is 0 Å². The van der Waals surface area contributed by atoms with Gasteiger partial charge in [-0.05, 0) is 19.1 Å². The first-order valence-corrected chi connectivity index (χ1v) is 12.0. The Hall–Kier alpha value is -3.75. The Morgan fingerprint density at radius 3 is 2.63 bits per heavy atom. The van der Waals surface area contributed by atoms with Gasteiger partial charge in [-0.2, -0.15) is 22.8 Å². The summed E-state index contributed by atoms with van der Waals surface area (Å²) in [5, 5.41) is 6.71. The van der Waals surface area contributed by atoms with Crippen molar-refractivity contribution < 1.29 is 31.1 Å². The molecule has 1 N–H and O–H groups in total. The van der Waals surface area contributed by atoms with Gasteiger partial charge in [0.15, 0.2) is 20.5 Å². The van der Waals surface area contributed by atoms with Gasteiger partial charge in [0.2, 0.25) is 0 Å². The Morgan fingerprint density at radius 2 is 1.97 bits per heavy atom. The van der Waals surface area contributed by atoms with Crippen LogP contribution in [-0.4, -0.2) is 62.4 Å². The standard InChI is InChI=1S/C20H20F3N7O4S/c1-4-34-15(31)10-26-14-6-7-24-17-16(19(28-30(14)17)35(32,33)5-2)18-27-11-8-13(20(21,22)23)25-9-12(11)29(18)3/h6-9,26H,4-5,10H2,1-3H3. The zero-order valence-corrected chi connectivity index (χ0v) is 19.6. The van der Waals surface area contributed by atoms with Crippen LogP contribution in [0.15, 0.2) is 29.6 Å². The quantitative estimate of drug-likeness (QED) is 0.372. The fourth-order valence-electron chi connectivity index (χ4n) is 3.45. The van der Waals surface area contributed by atoms with Gasteiger partial charge in [-0.3, -0.25) is 4.79 Å². The molecule has 15 heteroatoms. The topological polar surface area (TPSA) is 133 Å². The summed E-state index contributed by atoms with van der Waals surface area (Å²) in [6.07, 6.45) is -2.27. The third kappa shape index (κ3) is 4.38. The molecule has 0 unspecified atom stereocenters. The summed E-state index contributed by atoms with van der Waals surface area (Å²) in [4.78, 5) is 23.8. The summed E-state index contributed by atoms with van der Waals surface area (Å²) in [6, 6.07) is 2.28. The van der Waals surface area contributed by atoms with Crippen molar-refractivity contribution in [1.82, 2.24) is 29.1 Å². The number of halogens is 3. The molecule has 0 atom stereocenters. The van der Waals surface area contributed by atoms with Gasteiger partial charge in [0, 0.05) is 13.2 Å². The Morgan fingerprint density at radius 1 is 1.23 bits per heavy atom. The largest absolute Gasteiger partial charge is 0.465 e. The maximum Gasteiger partial charge on any atom is 0.433 e. The van der Waals surface area contributed by atoms with Gasteiger partial charge in [-0.25, -0.2) is 23.4 Å². The minimum absolute atomic E-state index is 0.0129. The number of nitrogens with one attached hydrogen (secondary N) is 1. The van der Waals surface area contributed by atoms with E-state index >= 15 is 0 Å². The van der Waals surface area contributed by atoms with Crippen LogP contribution in [0.1, 0.15) is 19.5 Å². The molecule has 0 aliphatic rings. The molecule has 0 amide bonds. The SMILES string of the molecule is CCOC(=O)CNc1ccnc2c(-c3nc4cc(C(F)(F)F)ncc4n3C)c(S(=O)(=O)CC)nn12. The van der Waals surface area contributed by atoms with Crippen molar-refractivity contribution in [3.63, 3.8) is 0 Å². The molecule has 0 aliphatic heterocycles. The molecule has 0 aliphatic carbocycles. The zero-order chi connectivity index (χ0) is 25.5. The molecule has 4 aromatic heterocycles. The zero-order valence-electron chi connectivity index (χ0n) is 18.8. The van der Waals surface area contributed by atoms with E-state index in [1.807, 2.05) is 0 Å². The van der Waals surface area contributed by atoms with Crippen LogP contribution in [0.5, 0.6) is 0 Å². The minimum Gasteiger partial charge on any atom is -0.465 e. The highest BCUT2D eigenvalue weighted by molar-refractivity contribution is 7.91. The molecule has 0 spiro atoms. The number of hydrogen-bond acceptors (Lipinski definition) is 9. The van der Waals surface area contributed by atoms with Crippen molar-refractivity contribution in [3.05, 3.63) is 30.2 Å². The number of ether oxygens (including phenoxy) is 1. The van der Waals surface area contributed by atoms with Crippen LogP contribution in [0.2, 0.25) is 0 Å². The minimum atomic E-state index is -4.67. The number of aromatic nitrogens is 6. The molecule has 0 aromatic carbocycles. The summed E-state index contributed by atoms with van der Waals surface area (Å²) in [7, 11) is -2.40. The molecule has 4 heterocycles. The van der Waals surface area contributed by atoms with Crippen molar-refractivity contribution in [1.29, 1.82) is 0 Å². The smallest absolute Gasteiger partial charge is 0.433 e. The van der Waals surface area contributed by atoms with Crippen molar-refractivity contribution in [2.45, 2.75) is 25.0 Å². The van der Waals surface area contributed by atoms with Gasteiger partial charge in [-0.15, -0.1) is 0 Å². The summed E-state index contributed by atoms with van der Waals surface area (Å²) < 4.78 is 72.9. The van der Waals surface area contributed by atoms with Crippen LogP contribution in [0, 0.1) is 0 Å². The number of nitrogens with zero attached hydrogens (tertiary/aromatic N) is 6. The number of aryl methyl sites for hydroxylation is 1. The number of imidazole rings is 1. The lowest BCUT2D eigenvalue weighted by molar-refractivity contribution is -0.141. The first-order chi connectivity index (χ1) is 16.5. The van der Waals surface area contributed by atoms with Gasteiger partial charge in [0.25, 0.3) is 0 Å². The van der Waals surface area contributed by atoms with Crippen LogP contribution in [-0.2, 0) is 32.6 Å². The van der Waals surface area contributed by atoms with E-state index < -0.39 is 27.7 Å². The lowest BCUT2D eigenvalue weighted by Crippen LogP contribution is -2.18. The Bertz CT molecular complexity index is 1540. The molecule has 0 saturated carbocycles. The van der Waals surface area contributed by atoms with Crippen LogP contribution in [0.25, 0.3) is 28.1 Å². The van der Waals surface area contributed by atoms with Crippen molar-refractivity contribution in [2.75, 3.05) is 24.2 Å². The van der Waals surface area contributed by atoms with Crippen LogP contribution < -0.4 is 5.32 Å². The Kier molecular flexibility index (Phi) is 6.12. The highest BCUT2D eigenvalue weighted by Crippen LogP contribution is 2.35. The van der Waals surface area contributed by atoms with Gasteiger partial charge in [0.05, 0.1) is 29.6 Å². The van der Waals surface area contributed by atoms with Crippen molar-refractivity contribution in [2.24, 2.45) is 7.05 Å². The lowest BCUT2D eigenvalue weighted by atomic mass is 10.3. The molecule has 0 bridgehead atoms. The van der Waals surface area contributed by atoms with Gasteiger partial charge in [0.1, 0.15) is 29.4 Å². The fraction of sp³-hybridized carbons (Fsp3) is 0.350. The van der Waals surface area contributed by atoms with E-state index in [-0.39, 0.29) is 57.8 Å². The number of sulfone groups is 1. The molecule has 0 radical (unpaired) electrons. The lowest BCUT2D eigenvalue weighted by Gasteiger charge is -2.07. The first kappa shape index (κ1) is 24.4. The molecule has 11 nitrogen and oxygen atoms in total. The fourth-order valence-corrected chi connectivity index (χ4v) is 4.43. The number of pyridine rings is 1. The summed E-state index contributed by atoms with van der Waals surface area (Å²) >= 11 is 0. The molecule has 0 fully saturated rings. The number of alkyl halides is 3. The van der Waals surface area contributed by atoms with Gasteiger partial charge < -0.3 is 14.6 Å². The number of rotatable bonds is 7. The van der Waals surface area contributed by atoms with Crippen LogP contribution in [0.3, 0.4) is 0 Å². The van der Waals surface area contributed by atoms with E-state index in [0.717, 1.165) is 12.3 Å². The van der Waals surface area contributed by atoms with E-state index in [1.165, 1.54) is 35.3 Å². The number of esters is 1. The third-order valence-corrected chi connectivity index (χ3v) is 6.80. The summed E-state index contributed by atoms with van der Waals surface area (Å²) in [5.41, 5.74) is -0.809. The van der Waals surface area contributed by atoms with E-state index in [9.17, 15) is 26.4 Å². The molecule has 0 saturated heterocycles. The second kappa shape index (κ2) is 8.79. The van der Waals surface area contributed by atoms with Crippen LogP contribution >= 0.6 is 0 Å². The predicted octanol–water partition coefficient (Wildman–Crippen LogP) is 2.47. The van der Waals surface area contributed by atoms with E-state index in [1.54, 1.807) is 6.92 Å². The molecule has 35 heavy (non-hydrogen) atoms. The Balaban J connectivity index is 1.95. The first-order valence-electron chi connectivity index (χ1n) is 10.4. The Labute approximate surface area is 196 Å². The number of anilines is 1. The average molecular weight is 511 g/mol. The number of hydrogen-bond donors (Lipinski definition) is 1. The van der Waals surface area contributed by atoms with Gasteiger partial charge >= 0.3 is 12.1 Å². The van der Waals surface area contributed by atoms with Crippen LogP contribution in [0.4, 0.5) is 19.0 Å². The maximum atomic E-state index is 13.2. The van der Waals surface area contributed by atoms with Crippen molar-refractivity contribution in [3.8, 4) is 11.4 Å². The summed E-state index contributed by atoms with van der Waals surface area (Å²) in [6.45, 7) is 3.07. The highest BCUT2D eigenvalue weighted by Gasteiger charge is 2.34. The average Bonchev–Trinajstić information content (AvgIpc) is 3.35. The molecular weight excluding hydrogens is 491 g/mol. The number of fused-ring (bicyclic) bond motifs is 2. The number of carbonyl (C=O) groups excluding carboxylic acids is 1. The van der Waals surface area contributed by atoms with Crippen molar-refractivity contribution >= 4 is 38.3 Å². The second-order valence-corrected chi connectivity index (χ2v) is 9.55. The molecular formula is C20H20F3N7O4S. The monoisotopic (exact) mass is 511 g/mol. The van der Waals surface area contributed by atoms with E-state index in [2.05, 4.69) is 25.4 Å². The molecule has 186 valence electrons. The summed E-state index contributed by atoms with van der Waals surface area (Å²) in [5.74, 6) is -0.534. The molecule has 4 rings (SSSR count).